The number of rotatable bonds is 5. The van der Waals surface area contributed by atoms with E-state index in [-0.39, 0.29) is 6.42 Å². The Morgan fingerprint density at radius 1 is 1.20 bits per heavy atom. The summed E-state index contributed by atoms with van der Waals surface area (Å²) < 4.78 is 1.08. The van der Waals surface area contributed by atoms with Crippen molar-refractivity contribution < 1.29 is 9.90 Å². The lowest BCUT2D eigenvalue weighted by Crippen LogP contribution is -2.07. The molecule has 0 aliphatic rings. The number of nitrogens with one attached hydrogen (secondary N) is 1. The van der Waals surface area contributed by atoms with Crippen molar-refractivity contribution in [2.24, 2.45) is 0 Å². The Labute approximate surface area is 126 Å². The first-order chi connectivity index (χ1) is 9.56. The van der Waals surface area contributed by atoms with E-state index in [9.17, 15) is 4.79 Å². The second kappa shape index (κ2) is 6.57. The van der Waals surface area contributed by atoms with Gasteiger partial charge >= 0.3 is 5.97 Å². The molecule has 20 heavy (non-hydrogen) atoms. The molecule has 4 heteroatoms. The number of hydrogen-bond donors (Lipinski definition) is 2. The molecule has 0 saturated heterocycles. The van der Waals surface area contributed by atoms with Gasteiger partial charge in [0.25, 0.3) is 0 Å². The van der Waals surface area contributed by atoms with Crippen LogP contribution in [-0.4, -0.2) is 11.1 Å². The first-order valence-corrected chi connectivity index (χ1v) is 7.14. The minimum atomic E-state index is -0.808. The summed E-state index contributed by atoms with van der Waals surface area (Å²) in [7, 11) is 0. The molecule has 2 aromatic rings. The number of benzene rings is 2. The molecule has 0 aliphatic carbocycles. The van der Waals surface area contributed by atoms with E-state index < -0.39 is 5.97 Å². The number of carboxylic acids is 1. The van der Waals surface area contributed by atoms with E-state index in [0.29, 0.717) is 6.54 Å². The molecular formula is C16H16BrNO2. The molecule has 0 bridgehead atoms. The summed E-state index contributed by atoms with van der Waals surface area (Å²) in [6.07, 6.45) is 0.0528. The molecule has 0 unspecified atom stereocenters. The van der Waals surface area contributed by atoms with Gasteiger partial charge in [0.2, 0.25) is 0 Å². The Bertz CT molecular complexity index is 626. The highest BCUT2D eigenvalue weighted by molar-refractivity contribution is 9.10. The van der Waals surface area contributed by atoms with Crippen LogP contribution in [0.25, 0.3) is 0 Å². The van der Waals surface area contributed by atoms with Gasteiger partial charge < -0.3 is 10.4 Å². The van der Waals surface area contributed by atoms with E-state index >= 15 is 0 Å². The number of aryl methyl sites for hydroxylation is 1. The molecule has 2 N–H and O–H groups in total. The summed E-state index contributed by atoms with van der Waals surface area (Å²) in [5.74, 6) is -0.808. The van der Waals surface area contributed by atoms with Gasteiger partial charge in [-0.15, -0.1) is 0 Å². The molecule has 0 atom stereocenters. The predicted molar refractivity (Wildman–Crippen MR) is 84.0 cm³/mol. The molecule has 0 amide bonds. The molecule has 0 heterocycles. The van der Waals surface area contributed by atoms with Crippen LogP contribution >= 0.6 is 15.9 Å². The quantitative estimate of drug-likeness (QED) is 0.869. The molecule has 2 rings (SSSR count). The van der Waals surface area contributed by atoms with Crippen molar-refractivity contribution in [1.82, 2.24) is 0 Å². The standard InChI is InChI=1S/C16H16BrNO2/c1-11-8-14(6-7-15(11)17)18-10-13-5-3-2-4-12(13)9-16(19)20/h2-8,18H,9-10H2,1H3,(H,19,20). The van der Waals surface area contributed by atoms with Crippen molar-refractivity contribution in [2.45, 2.75) is 19.9 Å². The maximum atomic E-state index is 10.9. The Morgan fingerprint density at radius 2 is 1.90 bits per heavy atom. The minimum Gasteiger partial charge on any atom is -0.481 e. The number of hydrogen-bond acceptors (Lipinski definition) is 2. The summed E-state index contributed by atoms with van der Waals surface area (Å²) in [6.45, 7) is 2.65. The van der Waals surface area contributed by atoms with Crippen LogP contribution < -0.4 is 5.32 Å². The van der Waals surface area contributed by atoms with Crippen molar-refractivity contribution in [2.75, 3.05) is 5.32 Å². The minimum absolute atomic E-state index is 0.0528. The molecule has 0 aromatic heterocycles. The van der Waals surface area contributed by atoms with Crippen LogP contribution in [0.5, 0.6) is 0 Å². The largest absolute Gasteiger partial charge is 0.481 e. The normalized spacial score (nSPS) is 10.3. The third-order valence-corrected chi connectivity index (χ3v) is 3.99. The number of carboxylic acid groups (broad SMARTS) is 1. The summed E-state index contributed by atoms with van der Waals surface area (Å²) in [5.41, 5.74) is 4.04. The zero-order valence-corrected chi connectivity index (χ0v) is 12.8. The lowest BCUT2D eigenvalue weighted by molar-refractivity contribution is -0.136. The van der Waals surface area contributed by atoms with Crippen LogP contribution in [0.2, 0.25) is 0 Å². The second-order valence-corrected chi connectivity index (χ2v) is 5.51. The highest BCUT2D eigenvalue weighted by Crippen LogP contribution is 2.21. The molecule has 3 nitrogen and oxygen atoms in total. The lowest BCUT2D eigenvalue weighted by Gasteiger charge is -2.11. The van der Waals surface area contributed by atoms with Crippen molar-refractivity contribution in [3.63, 3.8) is 0 Å². The van der Waals surface area contributed by atoms with Crippen LogP contribution in [0.1, 0.15) is 16.7 Å². The van der Waals surface area contributed by atoms with Crippen molar-refractivity contribution >= 4 is 27.6 Å². The third-order valence-electron chi connectivity index (χ3n) is 3.10. The van der Waals surface area contributed by atoms with Gasteiger partial charge in [-0.25, -0.2) is 0 Å². The smallest absolute Gasteiger partial charge is 0.307 e. The first-order valence-electron chi connectivity index (χ1n) is 6.35. The van der Waals surface area contributed by atoms with Crippen molar-refractivity contribution in [3.05, 3.63) is 63.6 Å². The maximum absolute atomic E-state index is 10.9. The van der Waals surface area contributed by atoms with Gasteiger partial charge in [0, 0.05) is 16.7 Å². The van der Waals surface area contributed by atoms with E-state index in [0.717, 1.165) is 26.9 Å². The summed E-state index contributed by atoms with van der Waals surface area (Å²) in [5, 5.41) is 12.2. The highest BCUT2D eigenvalue weighted by atomic mass is 79.9. The van der Waals surface area contributed by atoms with Crippen LogP contribution in [0.15, 0.2) is 46.9 Å². The molecule has 2 aromatic carbocycles. The predicted octanol–water partition coefficient (Wildman–Crippen LogP) is 4.00. The summed E-state index contributed by atoms with van der Waals surface area (Å²) >= 11 is 3.47. The average molecular weight is 334 g/mol. The fraction of sp³-hybridized carbons (Fsp3) is 0.188. The fourth-order valence-electron chi connectivity index (χ4n) is 2.02. The lowest BCUT2D eigenvalue weighted by atomic mass is 10.0. The number of aliphatic carboxylic acids is 1. The van der Waals surface area contributed by atoms with Gasteiger partial charge in [0.05, 0.1) is 6.42 Å². The third kappa shape index (κ3) is 3.84. The van der Waals surface area contributed by atoms with Gasteiger partial charge in [-0.2, -0.15) is 0 Å². The van der Waals surface area contributed by atoms with Gasteiger partial charge in [-0.3, -0.25) is 4.79 Å². The van der Waals surface area contributed by atoms with Crippen LogP contribution in [0.4, 0.5) is 5.69 Å². The highest BCUT2D eigenvalue weighted by Gasteiger charge is 2.06. The first kappa shape index (κ1) is 14.6. The Kier molecular flexibility index (Phi) is 4.79. The monoisotopic (exact) mass is 333 g/mol. The fourth-order valence-corrected chi connectivity index (χ4v) is 2.26. The van der Waals surface area contributed by atoms with E-state index in [1.165, 1.54) is 0 Å². The number of halogens is 1. The maximum Gasteiger partial charge on any atom is 0.307 e. The number of anilines is 1. The zero-order valence-electron chi connectivity index (χ0n) is 11.2. The SMILES string of the molecule is Cc1cc(NCc2ccccc2CC(=O)O)ccc1Br. The average Bonchev–Trinajstić information content (AvgIpc) is 2.41. The molecule has 104 valence electrons. The van der Waals surface area contributed by atoms with E-state index in [1.54, 1.807) is 0 Å². The van der Waals surface area contributed by atoms with Gasteiger partial charge in [0.1, 0.15) is 0 Å². The van der Waals surface area contributed by atoms with Gasteiger partial charge in [0.15, 0.2) is 0 Å². The van der Waals surface area contributed by atoms with Crippen molar-refractivity contribution in [3.8, 4) is 0 Å². The van der Waals surface area contributed by atoms with E-state index in [1.807, 2.05) is 43.3 Å². The van der Waals surface area contributed by atoms with Gasteiger partial charge in [-0.05, 0) is 41.8 Å². The Balaban J connectivity index is 2.10. The Hall–Kier alpha value is -1.81. The van der Waals surface area contributed by atoms with Crippen LogP contribution in [0.3, 0.4) is 0 Å². The topological polar surface area (TPSA) is 49.3 Å². The molecule has 0 saturated carbocycles. The molecule has 0 fully saturated rings. The molecular weight excluding hydrogens is 318 g/mol. The van der Waals surface area contributed by atoms with Crippen LogP contribution in [-0.2, 0) is 17.8 Å². The number of carbonyl (C=O) groups is 1. The Morgan fingerprint density at radius 3 is 2.55 bits per heavy atom. The summed E-state index contributed by atoms with van der Waals surface area (Å²) in [6, 6.07) is 13.7. The van der Waals surface area contributed by atoms with E-state index in [4.69, 9.17) is 5.11 Å². The molecule has 0 aliphatic heterocycles. The van der Waals surface area contributed by atoms with Crippen LogP contribution in [0, 0.1) is 6.92 Å². The molecule has 0 spiro atoms. The van der Waals surface area contributed by atoms with Gasteiger partial charge in [-0.1, -0.05) is 40.2 Å². The second-order valence-electron chi connectivity index (χ2n) is 4.66. The van der Waals surface area contributed by atoms with Crippen molar-refractivity contribution in [1.29, 1.82) is 0 Å². The summed E-state index contributed by atoms with van der Waals surface area (Å²) in [4.78, 5) is 10.9. The zero-order chi connectivity index (χ0) is 14.5. The van der Waals surface area contributed by atoms with E-state index in [2.05, 4.69) is 27.3 Å². The molecule has 0 radical (unpaired) electrons.